The fourth-order valence-corrected chi connectivity index (χ4v) is 5.27. The van der Waals surface area contributed by atoms with Crippen molar-refractivity contribution in [2.45, 2.75) is 50.0 Å². The highest BCUT2D eigenvalue weighted by Gasteiger charge is 2.28. The molecule has 0 bridgehead atoms. The minimum absolute atomic E-state index is 0.0182. The summed E-state index contributed by atoms with van der Waals surface area (Å²) < 4.78 is 1.69. The average Bonchev–Trinajstić information content (AvgIpc) is 3.32. The van der Waals surface area contributed by atoms with Crippen molar-refractivity contribution in [3.63, 3.8) is 0 Å². The molecular weight excluding hydrogens is 568 g/mol. The number of primary amides is 1. The number of amides is 7. The molecule has 0 saturated heterocycles. The number of nitrogens with zero attached hydrogens (tertiary/aromatic N) is 1. The summed E-state index contributed by atoms with van der Waals surface area (Å²) in [5.41, 5.74) is 5.16. The molecule has 1 aliphatic rings. The van der Waals surface area contributed by atoms with Crippen molar-refractivity contribution < 1.29 is 33.6 Å². The van der Waals surface area contributed by atoms with Crippen LogP contribution in [-0.2, 0) is 33.6 Å². The lowest BCUT2D eigenvalue weighted by molar-refractivity contribution is -0.132. The molecule has 0 fully saturated rings. The van der Waals surface area contributed by atoms with Crippen molar-refractivity contribution in [1.82, 2.24) is 36.5 Å². The predicted molar refractivity (Wildman–Crippen MR) is 153 cm³/mol. The number of carbonyl (C=O) groups is 7. The SMILES string of the molecule is CC1NC(=O)CNC(=O)[C@H](C)n2cc3ccccc3c2SCC(C(=O)NCC(N)=O)NC(=O)C(C)NC(=O)CNC1=O. The van der Waals surface area contributed by atoms with Gasteiger partial charge in [0.05, 0.1) is 24.7 Å². The van der Waals surface area contributed by atoms with Crippen LogP contribution in [0.25, 0.3) is 10.8 Å². The van der Waals surface area contributed by atoms with Crippen LogP contribution in [0.2, 0.25) is 0 Å². The van der Waals surface area contributed by atoms with Gasteiger partial charge < -0.3 is 42.2 Å². The van der Waals surface area contributed by atoms with Gasteiger partial charge in [-0.15, -0.1) is 11.8 Å². The molecule has 7 amide bonds. The Bertz CT molecular complexity index is 1390. The quantitative estimate of drug-likeness (QED) is 0.201. The Balaban J connectivity index is 1.96. The van der Waals surface area contributed by atoms with E-state index in [2.05, 4.69) is 31.9 Å². The Labute approximate surface area is 245 Å². The lowest BCUT2D eigenvalue weighted by Gasteiger charge is -2.22. The molecule has 16 heteroatoms. The van der Waals surface area contributed by atoms with Crippen LogP contribution in [0.15, 0.2) is 35.5 Å². The van der Waals surface area contributed by atoms with E-state index in [9.17, 15) is 33.6 Å². The molecule has 1 aromatic carbocycles. The Morgan fingerprint density at radius 3 is 2.14 bits per heavy atom. The van der Waals surface area contributed by atoms with E-state index >= 15 is 0 Å². The van der Waals surface area contributed by atoms with E-state index in [0.29, 0.717) is 5.03 Å². The van der Waals surface area contributed by atoms with Gasteiger partial charge in [0.1, 0.15) is 24.2 Å². The van der Waals surface area contributed by atoms with Gasteiger partial charge in [-0.25, -0.2) is 0 Å². The number of aromatic nitrogens is 1. The summed E-state index contributed by atoms with van der Waals surface area (Å²) in [6, 6.07) is 3.28. The Kier molecular flexibility index (Phi) is 10.9. The van der Waals surface area contributed by atoms with Crippen molar-refractivity contribution in [2.24, 2.45) is 5.73 Å². The van der Waals surface area contributed by atoms with Crippen molar-refractivity contribution in [2.75, 3.05) is 25.4 Å². The van der Waals surface area contributed by atoms with E-state index in [4.69, 9.17) is 5.73 Å². The van der Waals surface area contributed by atoms with Gasteiger partial charge in [-0.05, 0) is 20.8 Å². The molecule has 1 aromatic heterocycles. The first-order chi connectivity index (χ1) is 19.9. The number of thioether (sulfide) groups is 1. The summed E-state index contributed by atoms with van der Waals surface area (Å²) in [6.07, 6.45) is 1.76. The molecule has 0 radical (unpaired) electrons. The molecule has 226 valence electrons. The Hall–Kier alpha value is -4.60. The zero-order valence-corrected chi connectivity index (χ0v) is 24.1. The summed E-state index contributed by atoms with van der Waals surface area (Å²) in [5, 5.41) is 17.0. The third kappa shape index (κ3) is 8.45. The minimum Gasteiger partial charge on any atom is -0.368 e. The highest BCUT2D eigenvalue weighted by molar-refractivity contribution is 7.99. The third-order valence-corrected chi connectivity index (χ3v) is 7.55. The molecule has 3 unspecified atom stereocenters. The lowest BCUT2D eigenvalue weighted by Crippen LogP contribution is -2.55. The highest BCUT2D eigenvalue weighted by Crippen LogP contribution is 2.33. The van der Waals surface area contributed by atoms with E-state index in [1.54, 1.807) is 17.7 Å². The number of benzene rings is 1. The van der Waals surface area contributed by atoms with E-state index in [0.717, 1.165) is 10.8 Å². The van der Waals surface area contributed by atoms with Crippen LogP contribution in [0, 0.1) is 0 Å². The maximum absolute atomic E-state index is 13.0. The standard InChI is InChI=1S/C26H34N8O7S/c1-13-22(38)29-9-20(36)32-14(2)23(39)33-18(25(41)28-8-19(27)35)12-42-26-17-7-5-4-6-16(17)11-34(26)15(3)24(40)30-10-21(37)31-13/h4-7,11,13-15,18H,8-10,12H2,1-3H3,(H2,27,35)(H,28,41)(H,29,38)(H,30,40)(H,31,37)(H,32,36)(H,33,39)/t13?,14?,15-,18?/m0/s1. The number of nitrogens with one attached hydrogen (secondary N) is 6. The monoisotopic (exact) mass is 602 g/mol. The van der Waals surface area contributed by atoms with E-state index in [1.807, 2.05) is 24.3 Å². The second kappa shape index (κ2) is 14.3. The molecule has 0 saturated carbocycles. The van der Waals surface area contributed by atoms with Crippen LogP contribution < -0.4 is 37.6 Å². The fourth-order valence-electron chi connectivity index (χ4n) is 4.01. The summed E-state index contributed by atoms with van der Waals surface area (Å²) in [6.45, 7) is 3.12. The smallest absolute Gasteiger partial charge is 0.243 e. The van der Waals surface area contributed by atoms with Gasteiger partial charge >= 0.3 is 0 Å². The summed E-state index contributed by atoms with van der Waals surface area (Å²) in [7, 11) is 0. The van der Waals surface area contributed by atoms with Crippen LogP contribution in [0.4, 0.5) is 0 Å². The van der Waals surface area contributed by atoms with Crippen molar-refractivity contribution >= 4 is 63.9 Å². The Morgan fingerprint density at radius 2 is 1.50 bits per heavy atom. The number of fused-ring (bicyclic) bond motifs is 3. The van der Waals surface area contributed by atoms with Crippen molar-refractivity contribution in [3.8, 4) is 0 Å². The van der Waals surface area contributed by atoms with Crippen LogP contribution in [-0.4, -0.2) is 89.4 Å². The van der Waals surface area contributed by atoms with E-state index in [1.165, 1.54) is 25.6 Å². The first-order valence-corrected chi connectivity index (χ1v) is 14.1. The second-order valence-electron chi connectivity index (χ2n) is 9.68. The van der Waals surface area contributed by atoms with Gasteiger partial charge in [0.2, 0.25) is 41.4 Å². The number of hydrogen-bond donors (Lipinski definition) is 7. The molecule has 2 aromatic rings. The van der Waals surface area contributed by atoms with Gasteiger partial charge in [-0.2, -0.15) is 0 Å². The number of carbonyl (C=O) groups excluding carboxylic acids is 7. The average molecular weight is 603 g/mol. The van der Waals surface area contributed by atoms with Crippen LogP contribution in [0.1, 0.15) is 26.8 Å². The summed E-state index contributed by atoms with van der Waals surface area (Å²) in [5.74, 6) is -4.61. The zero-order chi connectivity index (χ0) is 31.0. The van der Waals surface area contributed by atoms with Crippen molar-refractivity contribution in [1.29, 1.82) is 0 Å². The molecule has 15 nitrogen and oxygen atoms in total. The van der Waals surface area contributed by atoms with Crippen molar-refractivity contribution in [3.05, 3.63) is 30.5 Å². The van der Waals surface area contributed by atoms with Crippen LogP contribution in [0.3, 0.4) is 0 Å². The van der Waals surface area contributed by atoms with Crippen LogP contribution >= 0.6 is 11.8 Å². The van der Waals surface area contributed by atoms with Gasteiger partial charge in [-0.3, -0.25) is 33.6 Å². The fraction of sp³-hybridized carbons (Fsp3) is 0.423. The third-order valence-electron chi connectivity index (χ3n) is 6.35. The normalized spacial score (nSPS) is 23.4. The number of hydrogen-bond acceptors (Lipinski definition) is 8. The maximum Gasteiger partial charge on any atom is 0.243 e. The molecule has 0 spiro atoms. The molecule has 4 atom stereocenters. The molecule has 2 heterocycles. The highest BCUT2D eigenvalue weighted by atomic mass is 32.2. The largest absolute Gasteiger partial charge is 0.368 e. The lowest BCUT2D eigenvalue weighted by atomic mass is 10.2. The molecule has 8 N–H and O–H groups in total. The molecular formula is C26H34N8O7S. The minimum atomic E-state index is -1.16. The van der Waals surface area contributed by atoms with Gasteiger partial charge in [0.25, 0.3) is 0 Å². The topological polar surface area (TPSA) is 223 Å². The molecule has 0 aliphatic carbocycles. The molecule has 42 heavy (non-hydrogen) atoms. The maximum atomic E-state index is 13.0. The van der Waals surface area contributed by atoms with Gasteiger partial charge in [-0.1, -0.05) is 24.3 Å². The first kappa shape index (κ1) is 31.9. The number of nitrogens with two attached hydrogens (primary N) is 1. The second-order valence-corrected chi connectivity index (χ2v) is 10.7. The zero-order valence-electron chi connectivity index (χ0n) is 23.3. The van der Waals surface area contributed by atoms with E-state index < -0.39 is 85.2 Å². The summed E-state index contributed by atoms with van der Waals surface area (Å²) in [4.78, 5) is 87.3. The summed E-state index contributed by atoms with van der Waals surface area (Å²) >= 11 is 1.19. The molecule has 1 aliphatic heterocycles. The van der Waals surface area contributed by atoms with E-state index in [-0.39, 0.29) is 5.75 Å². The Morgan fingerprint density at radius 1 is 0.905 bits per heavy atom. The van der Waals surface area contributed by atoms with Crippen LogP contribution in [0.5, 0.6) is 0 Å². The number of rotatable bonds is 3. The molecule has 3 rings (SSSR count). The predicted octanol–water partition coefficient (Wildman–Crippen LogP) is -2.36. The first-order valence-electron chi connectivity index (χ1n) is 13.1. The van der Waals surface area contributed by atoms with Gasteiger partial charge in [0.15, 0.2) is 0 Å². The van der Waals surface area contributed by atoms with Gasteiger partial charge in [0, 0.05) is 22.7 Å².